The van der Waals surface area contributed by atoms with Crippen molar-refractivity contribution < 1.29 is 21.0 Å². The number of hydrogen-bond donors (Lipinski definition) is 1. The lowest BCUT2D eigenvalue weighted by Gasteiger charge is -2.10. The van der Waals surface area contributed by atoms with Gasteiger partial charge in [-0.25, -0.2) is 4.83 Å². The summed E-state index contributed by atoms with van der Waals surface area (Å²) in [5.74, 6) is -0.00238. The van der Waals surface area contributed by atoms with Crippen LogP contribution in [0.2, 0.25) is 0 Å². The molecule has 0 radical (unpaired) electrons. The highest BCUT2D eigenvalue weighted by molar-refractivity contribution is 9.10. The van der Waals surface area contributed by atoms with Gasteiger partial charge in [-0.1, -0.05) is 64.0 Å². The molecule has 0 aromatic heterocycles. The van der Waals surface area contributed by atoms with Gasteiger partial charge >= 0.3 is 10.1 Å². The van der Waals surface area contributed by atoms with Crippen LogP contribution in [-0.4, -0.2) is 23.1 Å². The van der Waals surface area contributed by atoms with E-state index in [-0.39, 0.29) is 21.1 Å². The monoisotopic (exact) mass is 558 g/mol. The molecular weight excluding hydrogens is 540 g/mol. The molecule has 0 amide bonds. The first-order valence-corrected chi connectivity index (χ1v) is 13.7. The number of halogens is 1. The lowest BCUT2D eigenvalue weighted by atomic mass is 10.1. The number of hydrogen-bond acceptors (Lipinski definition) is 6. The Labute approximate surface area is 206 Å². The first-order chi connectivity index (χ1) is 16.1. The quantitative estimate of drug-likeness (QED) is 0.195. The van der Waals surface area contributed by atoms with E-state index in [1.807, 2.05) is 31.2 Å². The summed E-state index contributed by atoms with van der Waals surface area (Å²) in [5, 5.41) is 5.52. The van der Waals surface area contributed by atoms with Crippen LogP contribution in [0.1, 0.15) is 11.1 Å². The molecule has 0 aliphatic carbocycles. The number of fused-ring (bicyclic) bond motifs is 1. The van der Waals surface area contributed by atoms with Gasteiger partial charge in [0.05, 0.1) is 11.1 Å². The van der Waals surface area contributed by atoms with E-state index >= 15 is 0 Å². The van der Waals surface area contributed by atoms with E-state index in [0.29, 0.717) is 4.47 Å². The third-order valence-corrected chi connectivity index (χ3v) is 7.85. The van der Waals surface area contributed by atoms with Crippen molar-refractivity contribution in [1.29, 1.82) is 0 Å². The van der Waals surface area contributed by atoms with Crippen LogP contribution < -0.4 is 9.01 Å². The second-order valence-electron chi connectivity index (χ2n) is 7.39. The smallest absolute Gasteiger partial charge is 0.339 e. The predicted molar refractivity (Wildman–Crippen MR) is 135 cm³/mol. The fourth-order valence-corrected chi connectivity index (χ4v) is 5.28. The van der Waals surface area contributed by atoms with Crippen LogP contribution in [0.25, 0.3) is 10.8 Å². The minimum absolute atomic E-state index is 0.000847. The fourth-order valence-electron chi connectivity index (χ4n) is 3.12. The highest BCUT2D eigenvalue weighted by Gasteiger charge is 2.19. The minimum atomic E-state index is -4.10. The van der Waals surface area contributed by atoms with Crippen LogP contribution >= 0.6 is 15.9 Å². The van der Waals surface area contributed by atoms with Crippen molar-refractivity contribution in [3.05, 3.63) is 101 Å². The molecule has 0 atom stereocenters. The van der Waals surface area contributed by atoms with Crippen LogP contribution in [0.15, 0.2) is 104 Å². The van der Waals surface area contributed by atoms with Crippen molar-refractivity contribution in [3.63, 3.8) is 0 Å². The first-order valence-electron chi connectivity index (χ1n) is 9.98. The Hall–Kier alpha value is -3.21. The van der Waals surface area contributed by atoms with Gasteiger partial charge in [-0.05, 0) is 60.2 Å². The lowest BCUT2D eigenvalue weighted by Crippen LogP contribution is -2.18. The molecule has 4 aromatic rings. The van der Waals surface area contributed by atoms with Crippen LogP contribution in [0.5, 0.6) is 5.75 Å². The summed E-state index contributed by atoms with van der Waals surface area (Å²) in [4.78, 5) is 2.21. The Bertz CT molecular complexity index is 1600. The summed E-state index contributed by atoms with van der Waals surface area (Å²) in [6, 6.07) is 23.0. The SMILES string of the molecule is Cc1ccc(S(=O)(=O)Oc2ccc(Br)cc2/C=N/NS(=O)(=O)c2ccc3ccccc3c2)cc1. The minimum Gasteiger partial charge on any atom is -0.378 e. The van der Waals surface area contributed by atoms with Gasteiger partial charge in [0.15, 0.2) is 5.75 Å². The van der Waals surface area contributed by atoms with Crippen LogP contribution in [0.3, 0.4) is 0 Å². The van der Waals surface area contributed by atoms with Crippen molar-refractivity contribution in [2.75, 3.05) is 0 Å². The topological polar surface area (TPSA) is 102 Å². The molecule has 34 heavy (non-hydrogen) atoms. The van der Waals surface area contributed by atoms with Gasteiger partial charge in [-0.3, -0.25) is 0 Å². The molecule has 0 aliphatic heterocycles. The molecule has 10 heteroatoms. The molecule has 7 nitrogen and oxygen atoms in total. The molecule has 1 N–H and O–H groups in total. The maximum Gasteiger partial charge on any atom is 0.339 e. The van der Waals surface area contributed by atoms with Crippen molar-refractivity contribution in [3.8, 4) is 5.75 Å². The van der Waals surface area contributed by atoms with Crippen LogP contribution in [-0.2, 0) is 20.1 Å². The zero-order valence-electron chi connectivity index (χ0n) is 17.8. The molecular formula is C24H19BrN2O5S2. The molecule has 0 unspecified atom stereocenters. The van der Waals surface area contributed by atoms with E-state index in [1.54, 1.807) is 36.4 Å². The molecule has 174 valence electrons. The Balaban J connectivity index is 1.58. The normalized spacial score (nSPS) is 12.2. The summed E-state index contributed by atoms with van der Waals surface area (Å²) in [5.41, 5.74) is 1.17. The van der Waals surface area contributed by atoms with Gasteiger partial charge in [0.25, 0.3) is 10.0 Å². The van der Waals surface area contributed by atoms with Gasteiger partial charge in [0, 0.05) is 10.0 Å². The molecule has 4 rings (SSSR count). The third kappa shape index (κ3) is 5.46. The van der Waals surface area contributed by atoms with Gasteiger partial charge in [0.1, 0.15) is 4.90 Å². The van der Waals surface area contributed by atoms with Gasteiger partial charge in [-0.15, -0.1) is 0 Å². The molecule has 0 aliphatic rings. The van der Waals surface area contributed by atoms with Gasteiger partial charge in [-0.2, -0.15) is 21.9 Å². The van der Waals surface area contributed by atoms with Gasteiger partial charge in [0.2, 0.25) is 0 Å². The molecule has 0 bridgehead atoms. The van der Waals surface area contributed by atoms with Crippen LogP contribution in [0.4, 0.5) is 0 Å². The summed E-state index contributed by atoms with van der Waals surface area (Å²) >= 11 is 3.31. The second-order valence-corrected chi connectivity index (χ2v) is 11.5. The van der Waals surface area contributed by atoms with E-state index in [4.69, 9.17) is 4.18 Å². The predicted octanol–water partition coefficient (Wildman–Crippen LogP) is 4.99. The Kier molecular flexibility index (Phi) is 6.74. The lowest BCUT2D eigenvalue weighted by molar-refractivity contribution is 0.485. The van der Waals surface area contributed by atoms with E-state index in [9.17, 15) is 16.8 Å². The highest BCUT2D eigenvalue weighted by Crippen LogP contribution is 2.26. The average Bonchev–Trinajstić information content (AvgIpc) is 2.80. The largest absolute Gasteiger partial charge is 0.378 e. The van der Waals surface area contributed by atoms with E-state index in [0.717, 1.165) is 16.3 Å². The van der Waals surface area contributed by atoms with E-state index in [1.165, 1.54) is 30.5 Å². The number of benzene rings is 4. The van der Waals surface area contributed by atoms with Crippen molar-refractivity contribution in [2.45, 2.75) is 16.7 Å². The number of nitrogens with zero attached hydrogens (tertiary/aromatic N) is 1. The molecule has 0 saturated carbocycles. The average molecular weight is 559 g/mol. The maximum atomic E-state index is 12.7. The number of nitrogens with one attached hydrogen (secondary N) is 1. The standard InChI is InChI=1S/C24H19BrN2O5S2/c1-17-6-10-22(11-7-17)34(30,31)32-24-13-9-21(25)14-20(24)16-26-27-33(28,29)23-12-8-18-4-2-3-5-19(18)15-23/h2-16,27H,1H3/b26-16+. The molecule has 0 fully saturated rings. The number of aryl methyl sites for hydroxylation is 1. The van der Waals surface area contributed by atoms with Crippen LogP contribution in [0, 0.1) is 6.92 Å². The first kappa shape index (κ1) is 23.9. The summed E-state index contributed by atoms with van der Waals surface area (Å²) in [7, 11) is -8.04. The summed E-state index contributed by atoms with van der Waals surface area (Å²) < 4.78 is 56.7. The van der Waals surface area contributed by atoms with Crippen molar-refractivity contribution >= 4 is 53.1 Å². The molecule has 0 heterocycles. The highest BCUT2D eigenvalue weighted by atomic mass is 79.9. The van der Waals surface area contributed by atoms with Crippen molar-refractivity contribution in [2.24, 2.45) is 5.10 Å². The number of sulfonamides is 1. The second kappa shape index (κ2) is 9.57. The molecule has 4 aromatic carbocycles. The summed E-state index contributed by atoms with van der Waals surface area (Å²) in [6.45, 7) is 1.85. The zero-order chi connectivity index (χ0) is 24.3. The number of hydrazone groups is 1. The Morgan fingerprint density at radius 2 is 1.50 bits per heavy atom. The zero-order valence-corrected chi connectivity index (χ0v) is 21.1. The third-order valence-electron chi connectivity index (χ3n) is 4.89. The molecule has 0 saturated heterocycles. The van der Waals surface area contributed by atoms with E-state index in [2.05, 4.69) is 25.9 Å². The maximum absolute atomic E-state index is 12.7. The van der Waals surface area contributed by atoms with E-state index < -0.39 is 20.1 Å². The van der Waals surface area contributed by atoms with Crippen molar-refractivity contribution in [1.82, 2.24) is 4.83 Å². The Morgan fingerprint density at radius 1 is 0.824 bits per heavy atom. The fraction of sp³-hybridized carbons (Fsp3) is 0.0417. The van der Waals surface area contributed by atoms with Gasteiger partial charge < -0.3 is 4.18 Å². The number of rotatable bonds is 7. The summed E-state index contributed by atoms with van der Waals surface area (Å²) in [6.07, 6.45) is 1.18. The molecule has 0 spiro atoms. The Morgan fingerprint density at radius 3 is 2.24 bits per heavy atom.